The first-order valence-corrected chi connectivity index (χ1v) is 4.28. The highest BCUT2D eigenvalue weighted by molar-refractivity contribution is 7.79. The van der Waals surface area contributed by atoms with Gasteiger partial charge in [0.1, 0.15) is 5.82 Å². The Labute approximate surface area is 75.8 Å². The topological polar surface area (TPSA) is 83.2 Å². The van der Waals surface area contributed by atoms with Gasteiger partial charge in [-0.05, 0) is 29.3 Å². The summed E-state index contributed by atoms with van der Waals surface area (Å²) in [6.45, 7) is 0. The Hall–Kier alpha value is -1.27. The molecule has 0 bridgehead atoms. The summed E-state index contributed by atoms with van der Waals surface area (Å²) in [6.07, 6.45) is 0. The molecule has 1 aromatic rings. The van der Waals surface area contributed by atoms with Crippen molar-refractivity contribution in [1.82, 2.24) is 0 Å². The van der Waals surface area contributed by atoms with Crippen LogP contribution in [-0.2, 0) is 11.1 Å². The molecule has 1 aromatic carbocycles. The molecular weight excluding hydrogens is 197 g/mol. The predicted molar refractivity (Wildman–Crippen MR) is 42.1 cm³/mol. The lowest BCUT2D eigenvalue weighted by Crippen LogP contribution is -2.14. The summed E-state index contributed by atoms with van der Waals surface area (Å²) in [5.74, 6) is -1.64. The Morgan fingerprint density at radius 2 is 2.15 bits per heavy atom. The normalized spacial score (nSPS) is 12.5. The lowest BCUT2D eigenvalue weighted by molar-refractivity contribution is 0.0997. The number of amides is 1. The van der Waals surface area contributed by atoms with Gasteiger partial charge in [-0.2, -0.15) is 0 Å². The molecule has 0 radical (unpaired) electrons. The van der Waals surface area contributed by atoms with Gasteiger partial charge < -0.3 is 10.3 Å². The first kappa shape index (κ1) is 9.82. The van der Waals surface area contributed by atoms with Crippen LogP contribution in [0.4, 0.5) is 4.39 Å². The van der Waals surface area contributed by atoms with E-state index in [1.807, 2.05) is 0 Å². The zero-order chi connectivity index (χ0) is 10.0. The largest absolute Gasteiger partial charge is 0.768 e. The number of carbonyl (C=O) groups is 1. The molecule has 0 aliphatic carbocycles. The molecule has 0 saturated carbocycles. The molecule has 0 aromatic heterocycles. The number of rotatable bonds is 2. The number of nitrogens with two attached hydrogens (primary N) is 1. The maximum Gasteiger partial charge on any atom is 0.249 e. The second-order valence-corrected chi connectivity index (χ2v) is 3.15. The van der Waals surface area contributed by atoms with Gasteiger partial charge in [0, 0.05) is 4.90 Å². The maximum atomic E-state index is 12.5. The van der Waals surface area contributed by atoms with Crippen LogP contribution in [-0.4, -0.2) is 14.7 Å². The first-order valence-electron chi connectivity index (χ1n) is 3.21. The summed E-state index contributed by atoms with van der Waals surface area (Å²) in [6, 6.07) is 2.74. The van der Waals surface area contributed by atoms with Gasteiger partial charge in [-0.15, -0.1) is 0 Å². The van der Waals surface area contributed by atoms with E-state index in [1.165, 1.54) is 0 Å². The minimum absolute atomic E-state index is 0.213. The van der Waals surface area contributed by atoms with E-state index >= 15 is 0 Å². The number of halogens is 1. The summed E-state index contributed by atoms with van der Waals surface area (Å²) >= 11 is -2.66. The predicted octanol–water partition coefficient (Wildman–Crippen LogP) is 0.163. The van der Waals surface area contributed by atoms with Gasteiger partial charge in [0.2, 0.25) is 5.91 Å². The number of hydrogen-bond acceptors (Lipinski definition) is 3. The molecule has 1 unspecified atom stereocenters. The van der Waals surface area contributed by atoms with E-state index in [9.17, 15) is 17.9 Å². The van der Waals surface area contributed by atoms with Crippen LogP contribution in [0.5, 0.6) is 0 Å². The molecule has 0 spiro atoms. The Bertz CT molecular complexity index is 380. The van der Waals surface area contributed by atoms with Crippen molar-refractivity contribution < 1.29 is 17.9 Å². The average molecular weight is 202 g/mol. The third-order valence-electron chi connectivity index (χ3n) is 1.39. The van der Waals surface area contributed by atoms with Crippen LogP contribution >= 0.6 is 0 Å². The highest BCUT2D eigenvalue weighted by atomic mass is 32.2. The van der Waals surface area contributed by atoms with Crippen LogP contribution in [0.2, 0.25) is 0 Å². The first-order chi connectivity index (χ1) is 6.02. The van der Waals surface area contributed by atoms with E-state index in [2.05, 4.69) is 0 Å². The fourth-order valence-corrected chi connectivity index (χ4v) is 1.39. The molecule has 0 fully saturated rings. The van der Waals surface area contributed by atoms with Crippen LogP contribution < -0.4 is 5.73 Å². The molecule has 1 amide bonds. The monoisotopic (exact) mass is 202 g/mol. The van der Waals surface area contributed by atoms with Gasteiger partial charge in [-0.3, -0.25) is 9.00 Å². The molecule has 2 N–H and O–H groups in total. The van der Waals surface area contributed by atoms with E-state index in [-0.39, 0.29) is 5.56 Å². The second-order valence-electron chi connectivity index (χ2n) is 2.24. The molecule has 1 atom stereocenters. The Kier molecular flexibility index (Phi) is 2.74. The summed E-state index contributed by atoms with van der Waals surface area (Å²) in [5, 5.41) is 0. The highest BCUT2D eigenvalue weighted by Gasteiger charge is 2.09. The lowest BCUT2D eigenvalue weighted by Gasteiger charge is -2.08. The van der Waals surface area contributed by atoms with E-state index in [1.54, 1.807) is 0 Å². The summed E-state index contributed by atoms with van der Waals surface area (Å²) in [4.78, 5) is 10.2. The molecule has 0 heterocycles. The third-order valence-corrected chi connectivity index (χ3v) is 2.09. The van der Waals surface area contributed by atoms with Crippen LogP contribution in [0.15, 0.2) is 23.1 Å². The van der Waals surface area contributed by atoms with Gasteiger partial charge in [0.05, 0.1) is 5.56 Å². The van der Waals surface area contributed by atoms with Crippen LogP contribution in [0.1, 0.15) is 10.4 Å². The molecule has 0 aliphatic rings. The highest BCUT2D eigenvalue weighted by Crippen LogP contribution is 2.13. The van der Waals surface area contributed by atoms with Gasteiger partial charge >= 0.3 is 0 Å². The summed E-state index contributed by atoms with van der Waals surface area (Å²) < 4.78 is 33.6. The maximum absolute atomic E-state index is 12.5. The van der Waals surface area contributed by atoms with Crippen molar-refractivity contribution >= 4 is 17.0 Å². The van der Waals surface area contributed by atoms with Crippen LogP contribution in [0.25, 0.3) is 0 Å². The molecule has 6 heteroatoms. The van der Waals surface area contributed by atoms with Crippen molar-refractivity contribution in [3.63, 3.8) is 0 Å². The number of carbonyl (C=O) groups excluding carboxylic acids is 1. The zero-order valence-corrected chi connectivity index (χ0v) is 7.14. The van der Waals surface area contributed by atoms with E-state index in [4.69, 9.17) is 5.73 Å². The molecule has 0 saturated heterocycles. The van der Waals surface area contributed by atoms with Crippen LogP contribution in [0.3, 0.4) is 0 Å². The molecule has 0 aliphatic heterocycles. The fraction of sp³-hybridized carbons (Fsp3) is 0. The van der Waals surface area contributed by atoms with Gasteiger partial charge in [-0.25, -0.2) is 4.39 Å². The smallest absolute Gasteiger partial charge is 0.249 e. The van der Waals surface area contributed by atoms with Gasteiger partial charge in [0.25, 0.3) is 0 Å². The minimum Gasteiger partial charge on any atom is -0.768 e. The van der Waals surface area contributed by atoms with Crippen molar-refractivity contribution in [2.24, 2.45) is 5.73 Å². The number of hydrogen-bond donors (Lipinski definition) is 1. The Morgan fingerprint density at radius 1 is 1.54 bits per heavy atom. The number of benzene rings is 1. The molecular formula is C7H5FNO3S-. The average Bonchev–Trinajstić information content (AvgIpc) is 2.03. The Balaban J connectivity index is 3.35. The SMILES string of the molecule is NC(=O)c1ccc(F)cc1S(=O)[O-]. The molecule has 13 heavy (non-hydrogen) atoms. The van der Waals surface area contributed by atoms with Crippen molar-refractivity contribution in [1.29, 1.82) is 0 Å². The molecule has 70 valence electrons. The third kappa shape index (κ3) is 2.10. The quantitative estimate of drug-likeness (QED) is 0.693. The van der Waals surface area contributed by atoms with E-state index in [0.717, 1.165) is 18.2 Å². The van der Waals surface area contributed by atoms with Gasteiger partial charge in [-0.1, -0.05) is 0 Å². The standard InChI is InChI=1S/C7H6FNO3S/c8-4-1-2-5(7(9)10)6(3-4)13(11)12/h1-3H,(H2,9,10)(H,11,12)/p-1. The zero-order valence-electron chi connectivity index (χ0n) is 6.32. The second kappa shape index (κ2) is 3.63. The molecule has 4 nitrogen and oxygen atoms in total. The van der Waals surface area contributed by atoms with Crippen LogP contribution in [0, 0.1) is 5.82 Å². The van der Waals surface area contributed by atoms with E-state index < -0.39 is 27.7 Å². The minimum atomic E-state index is -2.66. The lowest BCUT2D eigenvalue weighted by atomic mass is 10.2. The fourth-order valence-electron chi connectivity index (χ4n) is 0.838. The van der Waals surface area contributed by atoms with Crippen molar-refractivity contribution in [2.75, 3.05) is 0 Å². The summed E-state index contributed by atoms with van der Waals surface area (Å²) in [7, 11) is 0. The van der Waals surface area contributed by atoms with Crippen molar-refractivity contribution in [2.45, 2.75) is 4.90 Å². The van der Waals surface area contributed by atoms with Gasteiger partial charge in [0.15, 0.2) is 0 Å². The summed E-state index contributed by atoms with van der Waals surface area (Å²) in [5.41, 5.74) is 4.65. The van der Waals surface area contributed by atoms with E-state index in [0.29, 0.717) is 0 Å². The molecule has 1 rings (SSSR count). The van der Waals surface area contributed by atoms with Crippen molar-refractivity contribution in [3.8, 4) is 0 Å². The Morgan fingerprint density at radius 3 is 2.62 bits per heavy atom. The number of primary amides is 1. The van der Waals surface area contributed by atoms with Crippen molar-refractivity contribution in [3.05, 3.63) is 29.6 Å².